The Hall–Kier alpha value is -1.49. The lowest BCUT2D eigenvalue weighted by Gasteiger charge is -2.33. The smallest absolute Gasteiger partial charge is 0.393 e. The topological polar surface area (TPSA) is 26.3 Å². The standard InChI is InChI=1S/C9H6F10O2/c1-2-5(20)21-9(18,19)8(16,17)7(14,15)4(10)3-6(11,12)13/h2,4H,1,3H2. The first-order valence-electron chi connectivity index (χ1n) is 4.78. The van der Waals surface area contributed by atoms with Gasteiger partial charge in [0.15, 0.2) is 6.17 Å². The Morgan fingerprint density at radius 2 is 1.48 bits per heavy atom. The zero-order valence-corrected chi connectivity index (χ0v) is 9.67. The van der Waals surface area contributed by atoms with Crippen molar-refractivity contribution in [3.8, 4) is 0 Å². The molecule has 21 heavy (non-hydrogen) atoms. The van der Waals surface area contributed by atoms with Gasteiger partial charge in [-0.25, -0.2) is 9.18 Å². The van der Waals surface area contributed by atoms with Gasteiger partial charge in [-0.15, -0.1) is 0 Å². The Kier molecular flexibility index (Phi) is 5.31. The van der Waals surface area contributed by atoms with Crippen molar-refractivity contribution in [2.45, 2.75) is 36.7 Å². The molecule has 0 fully saturated rings. The third-order valence-electron chi connectivity index (χ3n) is 1.98. The van der Waals surface area contributed by atoms with Crippen molar-refractivity contribution in [2.75, 3.05) is 0 Å². The predicted molar refractivity (Wildman–Crippen MR) is 46.7 cm³/mol. The van der Waals surface area contributed by atoms with E-state index in [0.717, 1.165) is 0 Å². The van der Waals surface area contributed by atoms with Gasteiger partial charge in [0.05, 0.1) is 6.42 Å². The number of carbonyl (C=O) groups excluding carboxylic acids is 1. The highest BCUT2D eigenvalue weighted by Crippen LogP contribution is 2.50. The maximum absolute atomic E-state index is 12.9. The van der Waals surface area contributed by atoms with Crippen LogP contribution in [-0.2, 0) is 9.53 Å². The molecule has 0 aliphatic carbocycles. The third-order valence-corrected chi connectivity index (χ3v) is 1.98. The predicted octanol–water partition coefficient (Wildman–Crippen LogP) is 3.87. The van der Waals surface area contributed by atoms with Crippen molar-refractivity contribution in [2.24, 2.45) is 0 Å². The van der Waals surface area contributed by atoms with E-state index in [9.17, 15) is 48.7 Å². The molecule has 1 atom stereocenters. The van der Waals surface area contributed by atoms with Crippen molar-refractivity contribution >= 4 is 5.97 Å². The van der Waals surface area contributed by atoms with Crippen LogP contribution in [0, 0.1) is 0 Å². The van der Waals surface area contributed by atoms with Crippen LogP contribution >= 0.6 is 0 Å². The first-order chi connectivity index (χ1) is 9.08. The van der Waals surface area contributed by atoms with Crippen molar-refractivity contribution < 1.29 is 53.4 Å². The molecule has 0 rings (SSSR count). The van der Waals surface area contributed by atoms with Gasteiger partial charge < -0.3 is 4.74 Å². The Balaban J connectivity index is 5.44. The number of ether oxygens (including phenoxy) is 1. The number of rotatable bonds is 6. The van der Waals surface area contributed by atoms with Crippen LogP contribution in [0.25, 0.3) is 0 Å². The highest BCUT2D eigenvalue weighted by molar-refractivity contribution is 5.81. The van der Waals surface area contributed by atoms with E-state index in [0.29, 0.717) is 0 Å². The average molecular weight is 336 g/mol. The molecule has 0 saturated heterocycles. The summed E-state index contributed by atoms with van der Waals surface area (Å²) in [6.07, 6.45) is -19.8. The molecule has 0 heterocycles. The van der Waals surface area contributed by atoms with Crippen molar-refractivity contribution in [1.29, 1.82) is 0 Å². The summed E-state index contributed by atoms with van der Waals surface area (Å²) in [4.78, 5) is 10.3. The van der Waals surface area contributed by atoms with Crippen LogP contribution in [0.2, 0.25) is 0 Å². The molecule has 0 aliphatic rings. The summed E-state index contributed by atoms with van der Waals surface area (Å²) in [5.74, 6) is -15.4. The Bertz CT molecular complexity index is 400. The fourth-order valence-electron chi connectivity index (χ4n) is 0.954. The van der Waals surface area contributed by atoms with Gasteiger partial charge in [-0.05, 0) is 0 Å². The summed E-state index contributed by atoms with van der Waals surface area (Å²) in [5.41, 5.74) is 0. The van der Waals surface area contributed by atoms with E-state index in [2.05, 4.69) is 11.3 Å². The van der Waals surface area contributed by atoms with Gasteiger partial charge in [-0.2, -0.15) is 39.5 Å². The summed E-state index contributed by atoms with van der Waals surface area (Å²) in [7, 11) is 0. The molecular weight excluding hydrogens is 330 g/mol. The molecule has 0 aliphatic heterocycles. The second-order valence-corrected chi connectivity index (χ2v) is 3.63. The fourth-order valence-corrected chi connectivity index (χ4v) is 0.954. The number of alkyl halides is 10. The van der Waals surface area contributed by atoms with Crippen molar-refractivity contribution in [3.05, 3.63) is 12.7 Å². The average Bonchev–Trinajstić information content (AvgIpc) is 2.25. The molecule has 0 aromatic rings. The van der Waals surface area contributed by atoms with Crippen LogP contribution in [-0.4, -0.2) is 36.3 Å². The van der Waals surface area contributed by atoms with Crippen molar-refractivity contribution in [1.82, 2.24) is 0 Å². The van der Waals surface area contributed by atoms with Crippen LogP contribution in [0.3, 0.4) is 0 Å². The minimum Gasteiger partial charge on any atom is -0.393 e. The molecule has 0 aromatic carbocycles. The summed E-state index contributed by atoms with van der Waals surface area (Å²) in [6, 6.07) is 0. The molecule has 0 N–H and O–H groups in total. The number of halogens is 10. The maximum atomic E-state index is 12.9. The van der Waals surface area contributed by atoms with E-state index in [1.54, 1.807) is 0 Å². The monoisotopic (exact) mass is 336 g/mol. The van der Waals surface area contributed by atoms with Gasteiger partial charge in [0.1, 0.15) is 0 Å². The number of hydrogen-bond acceptors (Lipinski definition) is 2. The summed E-state index contributed by atoms with van der Waals surface area (Å²) in [6.45, 7) is 2.51. The molecule has 124 valence electrons. The number of carbonyl (C=O) groups is 1. The number of hydrogen-bond donors (Lipinski definition) is 0. The van der Waals surface area contributed by atoms with Gasteiger partial charge in [0.2, 0.25) is 0 Å². The molecule has 1 unspecified atom stereocenters. The molecule has 0 aromatic heterocycles. The Morgan fingerprint density at radius 1 is 1.05 bits per heavy atom. The third kappa shape index (κ3) is 4.24. The minimum absolute atomic E-state index is 0.0925. The largest absolute Gasteiger partial charge is 0.473 e. The van der Waals surface area contributed by atoms with Crippen LogP contribution in [0.1, 0.15) is 6.42 Å². The van der Waals surface area contributed by atoms with E-state index in [-0.39, 0.29) is 6.08 Å². The lowest BCUT2D eigenvalue weighted by molar-refractivity contribution is -0.395. The van der Waals surface area contributed by atoms with E-state index in [1.807, 2.05) is 0 Å². The second kappa shape index (κ2) is 5.72. The maximum Gasteiger partial charge on any atom is 0.473 e. The SMILES string of the molecule is C=CC(=O)OC(F)(F)C(F)(F)C(F)(F)C(F)CC(F)(F)F. The van der Waals surface area contributed by atoms with Crippen LogP contribution in [0.5, 0.6) is 0 Å². The van der Waals surface area contributed by atoms with Gasteiger partial charge >= 0.3 is 30.1 Å². The van der Waals surface area contributed by atoms with Gasteiger partial charge in [-0.3, -0.25) is 0 Å². The van der Waals surface area contributed by atoms with E-state index < -0.39 is 42.7 Å². The first-order valence-corrected chi connectivity index (χ1v) is 4.78. The van der Waals surface area contributed by atoms with Crippen LogP contribution < -0.4 is 0 Å². The Labute approximate surface area is 110 Å². The lowest BCUT2D eigenvalue weighted by atomic mass is 10.0. The molecule has 0 amide bonds. The van der Waals surface area contributed by atoms with Gasteiger partial charge in [-0.1, -0.05) is 6.58 Å². The zero-order chi connectivity index (χ0) is 17.3. The summed E-state index contributed by atoms with van der Waals surface area (Å²) in [5, 5.41) is 0. The first kappa shape index (κ1) is 19.5. The zero-order valence-electron chi connectivity index (χ0n) is 9.67. The molecular formula is C9H6F10O2. The molecule has 12 heteroatoms. The van der Waals surface area contributed by atoms with Crippen LogP contribution in [0.4, 0.5) is 43.9 Å². The molecule has 0 saturated carbocycles. The van der Waals surface area contributed by atoms with E-state index in [1.165, 1.54) is 0 Å². The van der Waals surface area contributed by atoms with E-state index in [4.69, 9.17) is 0 Å². The fraction of sp³-hybridized carbons (Fsp3) is 0.667. The summed E-state index contributed by atoms with van der Waals surface area (Å²) >= 11 is 0. The quantitative estimate of drug-likeness (QED) is 0.418. The minimum atomic E-state index is -6.72. The number of esters is 1. The van der Waals surface area contributed by atoms with Crippen molar-refractivity contribution in [3.63, 3.8) is 0 Å². The van der Waals surface area contributed by atoms with E-state index >= 15 is 0 Å². The second-order valence-electron chi connectivity index (χ2n) is 3.63. The normalized spacial score (nSPS) is 15.5. The lowest BCUT2D eigenvalue weighted by Crippen LogP contribution is -2.60. The van der Waals surface area contributed by atoms with Gasteiger partial charge in [0.25, 0.3) is 0 Å². The highest BCUT2D eigenvalue weighted by Gasteiger charge is 2.77. The molecule has 0 spiro atoms. The molecule has 0 bridgehead atoms. The van der Waals surface area contributed by atoms with Crippen LogP contribution in [0.15, 0.2) is 12.7 Å². The Morgan fingerprint density at radius 3 is 1.81 bits per heavy atom. The molecule has 2 nitrogen and oxygen atoms in total. The molecule has 0 radical (unpaired) electrons. The highest BCUT2D eigenvalue weighted by atomic mass is 19.4. The van der Waals surface area contributed by atoms with Gasteiger partial charge in [0, 0.05) is 6.08 Å². The summed E-state index contributed by atoms with van der Waals surface area (Å²) < 4.78 is 127.